The van der Waals surface area contributed by atoms with Crippen LogP contribution < -0.4 is 10.6 Å². The van der Waals surface area contributed by atoms with Gasteiger partial charge in [0.2, 0.25) is 0 Å². The fourth-order valence-electron chi connectivity index (χ4n) is 4.32. The van der Waals surface area contributed by atoms with Gasteiger partial charge in [-0.25, -0.2) is 0 Å². The first-order valence-electron chi connectivity index (χ1n) is 11.5. The van der Waals surface area contributed by atoms with Crippen LogP contribution in [0.15, 0.2) is 30.6 Å². The molecule has 1 fully saturated rings. The van der Waals surface area contributed by atoms with Crippen molar-refractivity contribution in [3.05, 3.63) is 46.9 Å². The van der Waals surface area contributed by atoms with E-state index in [4.69, 9.17) is 4.74 Å². The van der Waals surface area contributed by atoms with E-state index in [1.807, 2.05) is 20.0 Å². The van der Waals surface area contributed by atoms with Crippen LogP contribution >= 0.6 is 22.7 Å². The molecule has 1 unspecified atom stereocenters. The zero-order valence-corrected chi connectivity index (χ0v) is 20.9. The van der Waals surface area contributed by atoms with E-state index in [9.17, 15) is 10.1 Å². The van der Waals surface area contributed by atoms with Gasteiger partial charge < -0.3 is 19.8 Å². The molecule has 5 heterocycles. The summed E-state index contributed by atoms with van der Waals surface area (Å²) in [5.41, 5.74) is 4.33. The summed E-state index contributed by atoms with van der Waals surface area (Å²) in [7, 11) is 0. The number of carbonyl (C=O) groups excluding carboxylic acids is 1. The molecule has 5 rings (SSSR count). The molecule has 0 saturated carbocycles. The van der Waals surface area contributed by atoms with Crippen LogP contribution in [0.3, 0.4) is 0 Å². The molecular formula is C25H27N5O2S2. The first-order valence-corrected chi connectivity index (χ1v) is 13.1. The second-order valence-electron chi connectivity index (χ2n) is 8.71. The number of thiophene rings is 2. The Balaban J connectivity index is 1.28. The van der Waals surface area contributed by atoms with Gasteiger partial charge in [-0.1, -0.05) is 0 Å². The molecule has 1 saturated heterocycles. The van der Waals surface area contributed by atoms with E-state index in [0.29, 0.717) is 19.6 Å². The highest BCUT2D eigenvalue weighted by Crippen LogP contribution is 2.39. The van der Waals surface area contributed by atoms with Crippen molar-refractivity contribution in [3.8, 4) is 16.5 Å². The largest absolute Gasteiger partial charge is 0.367 e. The van der Waals surface area contributed by atoms with E-state index >= 15 is 0 Å². The zero-order chi connectivity index (χ0) is 23.7. The summed E-state index contributed by atoms with van der Waals surface area (Å²) >= 11 is 3.43. The monoisotopic (exact) mass is 493 g/mol. The molecule has 2 N–H and O–H groups in total. The Bertz CT molecular complexity index is 1340. The number of fused-ring (bicyclic) bond motifs is 2. The molecule has 9 heteroatoms. The maximum atomic E-state index is 12.6. The molecule has 4 aromatic heterocycles. The minimum Gasteiger partial charge on any atom is -0.367 e. The van der Waals surface area contributed by atoms with Gasteiger partial charge in [-0.05, 0) is 51.4 Å². The Hall–Kier alpha value is -2.77. The Morgan fingerprint density at radius 2 is 2.15 bits per heavy atom. The van der Waals surface area contributed by atoms with E-state index in [2.05, 4.69) is 50.5 Å². The number of amides is 1. The number of nitrogens with zero attached hydrogens (tertiary/aromatic N) is 3. The van der Waals surface area contributed by atoms with Gasteiger partial charge in [-0.2, -0.15) is 5.26 Å². The number of nitrogens with one attached hydrogen (secondary N) is 2. The van der Waals surface area contributed by atoms with E-state index in [-0.39, 0.29) is 5.91 Å². The van der Waals surface area contributed by atoms with Crippen molar-refractivity contribution in [2.45, 2.75) is 45.3 Å². The first-order chi connectivity index (χ1) is 16.5. The SMILES string of the molecule is Cc1cn2cc(-c3cc4sc(CC(C#N)NC(=O)[C@@H]5CNCCCCO5)cc4s3)cc2c(C)n1. The molecule has 1 aliphatic rings. The van der Waals surface area contributed by atoms with E-state index in [0.717, 1.165) is 41.2 Å². The van der Waals surface area contributed by atoms with Crippen molar-refractivity contribution < 1.29 is 9.53 Å². The van der Waals surface area contributed by atoms with Gasteiger partial charge in [0.1, 0.15) is 12.1 Å². The average Bonchev–Trinajstić information content (AvgIpc) is 3.45. The number of nitriles is 1. The zero-order valence-electron chi connectivity index (χ0n) is 19.3. The maximum Gasteiger partial charge on any atom is 0.251 e. The van der Waals surface area contributed by atoms with Crippen LogP contribution in [-0.4, -0.2) is 47.1 Å². The van der Waals surface area contributed by atoms with E-state index in [1.54, 1.807) is 22.7 Å². The van der Waals surface area contributed by atoms with Crippen molar-refractivity contribution in [2.24, 2.45) is 0 Å². The predicted octanol–water partition coefficient (Wildman–Crippen LogP) is 4.21. The second kappa shape index (κ2) is 9.84. The standard InChI is InChI=1S/C25H27N5O2S2/c1-15-13-30-14-17(7-20(30)16(2)28-15)22-10-24-23(34-22)9-19(33-24)8-18(11-26)29-25(31)21-12-27-5-3-4-6-32-21/h7,9-10,13-14,18,21,27H,3-6,8,12H2,1-2H3,(H,29,31)/t18?,21-/m0/s1. The van der Waals surface area contributed by atoms with Crippen molar-refractivity contribution >= 4 is 43.5 Å². The van der Waals surface area contributed by atoms with Crippen molar-refractivity contribution in [1.29, 1.82) is 5.26 Å². The maximum absolute atomic E-state index is 12.6. The lowest BCUT2D eigenvalue weighted by molar-refractivity contribution is -0.133. The van der Waals surface area contributed by atoms with Gasteiger partial charge in [0.15, 0.2) is 0 Å². The molecule has 0 bridgehead atoms. The summed E-state index contributed by atoms with van der Waals surface area (Å²) in [4.78, 5) is 19.5. The highest BCUT2D eigenvalue weighted by atomic mass is 32.1. The smallest absolute Gasteiger partial charge is 0.251 e. The second-order valence-corrected chi connectivity index (χ2v) is 11.0. The number of aryl methyl sites for hydroxylation is 2. The molecule has 1 amide bonds. The van der Waals surface area contributed by atoms with E-state index < -0.39 is 12.1 Å². The van der Waals surface area contributed by atoms with Crippen LogP contribution in [0, 0.1) is 25.2 Å². The minimum absolute atomic E-state index is 0.220. The topological polar surface area (TPSA) is 91.5 Å². The highest BCUT2D eigenvalue weighted by molar-refractivity contribution is 7.29. The van der Waals surface area contributed by atoms with Crippen LogP contribution in [0.4, 0.5) is 0 Å². The third-order valence-corrected chi connectivity index (χ3v) is 8.36. The number of ether oxygens (including phenoxy) is 1. The molecule has 7 nitrogen and oxygen atoms in total. The Morgan fingerprint density at radius 1 is 1.29 bits per heavy atom. The number of hydrogen-bond donors (Lipinski definition) is 2. The summed E-state index contributed by atoms with van der Waals surface area (Å²) in [6, 6.07) is 8.21. The predicted molar refractivity (Wildman–Crippen MR) is 136 cm³/mol. The fraction of sp³-hybridized carbons (Fsp3) is 0.400. The molecule has 176 valence electrons. The summed E-state index contributed by atoms with van der Waals surface area (Å²) in [6.07, 6.45) is 6.12. The molecule has 2 atom stereocenters. The van der Waals surface area contributed by atoms with Crippen LogP contribution in [0.2, 0.25) is 0 Å². The third-order valence-electron chi connectivity index (χ3n) is 6.00. The lowest BCUT2D eigenvalue weighted by Crippen LogP contribution is -2.47. The molecule has 0 aliphatic carbocycles. The van der Waals surface area contributed by atoms with Crippen LogP contribution in [0.5, 0.6) is 0 Å². The lowest BCUT2D eigenvalue weighted by atomic mass is 10.2. The Morgan fingerprint density at radius 3 is 2.97 bits per heavy atom. The van der Waals surface area contributed by atoms with Crippen molar-refractivity contribution in [3.63, 3.8) is 0 Å². The van der Waals surface area contributed by atoms with Crippen LogP contribution in [0.25, 0.3) is 25.4 Å². The van der Waals surface area contributed by atoms with Gasteiger partial charge in [-0.15, -0.1) is 22.7 Å². The quantitative estimate of drug-likeness (QED) is 0.435. The van der Waals surface area contributed by atoms with Gasteiger partial charge >= 0.3 is 0 Å². The van der Waals surface area contributed by atoms with Crippen molar-refractivity contribution in [1.82, 2.24) is 20.0 Å². The van der Waals surface area contributed by atoms with Gasteiger partial charge in [0.05, 0.1) is 23.0 Å². The molecule has 0 aromatic carbocycles. The molecule has 0 radical (unpaired) electrons. The fourth-order valence-corrected chi connectivity index (χ4v) is 6.77. The van der Waals surface area contributed by atoms with Gasteiger partial charge in [-0.3, -0.25) is 9.78 Å². The summed E-state index contributed by atoms with van der Waals surface area (Å²) < 4.78 is 10.2. The molecule has 4 aromatic rings. The Kier molecular flexibility index (Phi) is 6.66. The highest BCUT2D eigenvalue weighted by Gasteiger charge is 2.23. The lowest BCUT2D eigenvalue weighted by Gasteiger charge is -2.22. The van der Waals surface area contributed by atoms with Crippen LogP contribution in [0.1, 0.15) is 29.1 Å². The summed E-state index contributed by atoms with van der Waals surface area (Å²) in [5, 5.41) is 15.7. The summed E-state index contributed by atoms with van der Waals surface area (Å²) in [5.74, 6) is -0.220. The van der Waals surface area contributed by atoms with Crippen LogP contribution in [-0.2, 0) is 16.0 Å². The number of carbonyl (C=O) groups is 1. The van der Waals surface area contributed by atoms with E-state index in [1.165, 1.54) is 19.8 Å². The molecule has 1 aliphatic heterocycles. The number of hydrogen-bond acceptors (Lipinski definition) is 7. The first kappa shape index (κ1) is 23.0. The molecular weight excluding hydrogens is 466 g/mol. The van der Waals surface area contributed by atoms with Gasteiger partial charge in [0.25, 0.3) is 5.91 Å². The van der Waals surface area contributed by atoms with Gasteiger partial charge in [0, 0.05) is 56.7 Å². The normalized spacial score (nSPS) is 17.9. The minimum atomic E-state index is -0.579. The molecule has 0 spiro atoms. The molecule has 34 heavy (non-hydrogen) atoms. The Labute approximate surface area is 206 Å². The third kappa shape index (κ3) is 4.86. The van der Waals surface area contributed by atoms with Crippen molar-refractivity contribution in [2.75, 3.05) is 19.7 Å². The number of rotatable bonds is 5. The number of aromatic nitrogens is 2. The summed E-state index contributed by atoms with van der Waals surface area (Å²) in [6.45, 7) is 5.99. The average molecular weight is 494 g/mol.